The number of thiophene rings is 1. The van der Waals surface area contributed by atoms with E-state index in [4.69, 9.17) is 0 Å². The van der Waals surface area contributed by atoms with Gasteiger partial charge in [-0.05, 0) is 53.1 Å². The van der Waals surface area contributed by atoms with Crippen LogP contribution >= 0.6 is 33.9 Å². The number of aromatic nitrogens is 2. The number of nitrogens with zero attached hydrogens (tertiary/aromatic N) is 2. The summed E-state index contributed by atoms with van der Waals surface area (Å²) < 4.78 is 2.26. The van der Waals surface area contributed by atoms with E-state index in [1.165, 1.54) is 10.1 Å². The van der Waals surface area contributed by atoms with E-state index in [-0.39, 0.29) is 0 Å². The third kappa shape index (κ3) is 1.43. The molecule has 0 aliphatic rings. The average molecular weight is 326 g/mol. The van der Waals surface area contributed by atoms with E-state index in [1.54, 1.807) is 11.3 Å². The Labute approximate surface area is 105 Å². The van der Waals surface area contributed by atoms with Crippen LogP contribution in [0.4, 0.5) is 0 Å². The number of aryl methyl sites for hydroxylation is 1. The van der Waals surface area contributed by atoms with Gasteiger partial charge in [0, 0.05) is 10.1 Å². The molecule has 0 bridgehead atoms. The van der Waals surface area contributed by atoms with Gasteiger partial charge in [0.05, 0.1) is 16.7 Å². The predicted molar refractivity (Wildman–Crippen MR) is 72.4 cm³/mol. The zero-order chi connectivity index (χ0) is 10.4. The van der Waals surface area contributed by atoms with Gasteiger partial charge in [-0.25, -0.2) is 9.97 Å². The Morgan fingerprint density at radius 1 is 1.20 bits per heavy atom. The first kappa shape index (κ1) is 9.47. The van der Waals surface area contributed by atoms with Crippen LogP contribution in [0.5, 0.6) is 0 Å². The van der Waals surface area contributed by atoms with Gasteiger partial charge in [-0.2, -0.15) is 0 Å². The molecule has 0 spiro atoms. The highest BCUT2D eigenvalue weighted by Gasteiger charge is 2.06. The van der Waals surface area contributed by atoms with Crippen molar-refractivity contribution in [2.75, 3.05) is 0 Å². The topological polar surface area (TPSA) is 25.8 Å². The molecule has 2 aromatic heterocycles. The van der Waals surface area contributed by atoms with Crippen molar-refractivity contribution in [3.63, 3.8) is 0 Å². The van der Waals surface area contributed by atoms with Crippen molar-refractivity contribution in [3.05, 3.63) is 33.0 Å². The van der Waals surface area contributed by atoms with Crippen molar-refractivity contribution >= 4 is 55.0 Å². The molecule has 4 heteroatoms. The molecule has 15 heavy (non-hydrogen) atoms. The third-order valence-electron chi connectivity index (χ3n) is 2.38. The quantitative estimate of drug-likeness (QED) is 0.588. The van der Waals surface area contributed by atoms with Crippen LogP contribution in [0.2, 0.25) is 0 Å². The summed E-state index contributed by atoms with van der Waals surface area (Å²) in [4.78, 5) is 9.15. The summed E-state index contributed by atoms with van der Waals surface area (Å²) in [6.07, 6.45) is 0. The molecule has 0 saturated carbocycles. The molecule has 0 saturated heterocycles. The van der Waals surface area contributed by atoms with Crippen molar-refractivity contribution in [2.24, 2.45) is 0 Å². The summed E-state index contributed by atoms with van der Waals surface area (Å²) >= 11 is 3.97. The van der Waals surface area contributed by atoms with Crippen molar-refractivity contribution in [1.82, 2.24) is 9.97 Å². The molecule has 0 amide bonds. The highest BCUT2D eigenvalue weighted by atomic mass is 127. The summed E-state index contributed by atoms with van der Waals surface area (Å²) in [6, 6.07) is 6.27. The van der Waals surface area contributed by atoms with Gasteiger partial charge >= 0.3 is 0 Å². The minimum atomic E-state index is 0.981. The van der Waals surface area contributed by atoms with Crippen LogP contribution < -0.4 is 0 Å². The Morgan fingerprint density at radius 3 is 2.93 bits per heavy atom. The summed E-state index contributed by atoms with van der Waals surface area (Å²) in [5.74, 6) is 0. The Kier molecular flexibility index (Phi) is 2.14. The molecule has 74 valence electrons. The van der Waals surface area contributed by atoms with Crippen molar-refractivity contribution in [2.45, 2.75) is 6.92 Å². The fraction of sp³-hybridized carbons (Fsp3) is 0.0909. The van der Waals surface area contributed by atoms with E-state index < -0.39 is 0 Å². The average Bonchev–Trinajstić information content (AvgIpc) is 2.68. The summed E-state index contributed by atoms with van der Waals surface area (Å²) in [6.45, 7) is 2.00. The highest BCUT2D eigenvalue weighted by molar-refractivity contribution is 14.1. The van der Waals surface area contributed by atoms with Gasteiger partial charge in [0.15, 0.2) is 0 Å². The lowest BCUT2D eigenvalue weighted by Crippen LogP contribution is -1.92. The maximum atomic E-state index is 4.61. The second-order valence-electron chi connectivity index (χ2n) is 3.37. The predicted octanol–water partition coefficient (Wildman–Crippen LogP) is 3.76. The number of benzene rings is 1. The Bertz CT molecular complexity index is 660. The SMILES string of the molecule is Cc1nc2c(ccc3sccc32)nc1I. The molecular weight excluding hydrogens is 319 g/mol. The summed E-state index contributed by atoms with van der Waals surface area (Å²) in [5.41, 5.74) is 3.00. The minimum absolute atomic E-state index is 0.981. The van der Waals surface area contributed by atoms with Crippen LogP contribution in [0.25, 0.3) is 21.1 Å². The third-order valence-corrected chi connectivity index (χ3v) is 4.29. The van der Waals surface area contributed by atoms with Crippen LogP contribution in [0.15, 0.2) is 23.6 Å². The van der Waals surface area contributed by atoms with Crippen molar-refractivity contribution < 1.29 is 0 Å². The molecule has 0 unspecified atom stereocenters. The van der Waals surface area contributed by atoms with Crippen molar-refractivity contribution in [3.8, 4) is 0 Å². The lowest BCUT2D eigenvalue weighted by molar-refractivity contribution is 1.15. The Morgan fingerprint density at radius 2 is 2.07 bits per heavy atom. The van der Waals surface area contributed by atoms with E-state index in [0.29, 0.717) is 0 Å². The molecule has 0 radical (unpaired) electrons. The van der Waals surface area contributed by atoms with E-state index in [1.807, 2.05) is 13.0 Å². The monoisotopic (exact) mass is 326 g/mol. The molecule has 3 aromatic rings. The molecular formula is C11H7IN2S. The van der Waals surface area contributed by atoms with Crippen LogP contribution in [0.3, 0.4) is 0 Å². The minimum Gasteiger partial charge on any atom is -0.248 e. The fourth-order valence-corrected chi connectivity index (χ4v) is 2.79. The largest absolute Gasteiger partial charge is 0.248 e. The zero-order valence-electron chi connectivity index (χ0n) is 7.99. The van der Waals surface area contributed by atoms with Gasteiger partial charge in [-0.3, -0.25) is 0 Å². The van der Waals surface area contributed by atoms with Gasteiger partial charge in [-0.1, -0.05) is 0 Å². The van der Waals surface area contributed by atoms with E-state index in [2.05, 4.69) is 50.1 Å². The van der Waals surface area contributed by atoms with Gasteiger partial charge in [0.1, 0.15) is 3.70 Å². The molecule has 2 heterocycles. The van der Waals surface area contributed by atoms with Gasteiger partial charge in [0.25, 0.3) is 0 Å². The second-order valence-corrected chi connectivity index (χ2v) is 5.34. The van der Waals surface area contributed by atoms with E-state index in [0.717, 1.165) is 20.4 Å². The molecule has 1 aromatic carbocycles. The molecule has 2 nitrogen and oxygen atoms in total. The highest BCUT2D eigenvalue weighted by Crippen LogP contribution is 2.27. The smallest absolute Gasteiger partial charge is 0.123 e. The van der Waals surface area contributed by atoms with Gasteiger partial charge < -0.3 is 0 Å². The van der Waals surface area contributed by atoms with Gasteiger partial charge in [-0.15, -0.1) is 11.3 Å². The first-order valence-electron chi connectivity index (χ1n) is 4.56. The number of rotatable bonds is 0. The van der Waals surface area contributed by atoms with E-state index in [9.17, 15) is 0 Å². The lowest BCUT2D eigenvalue weighted by Gasteiger charge is -2.01. The number of hydrogen-bond donors (Lipinski definition) is 0. The number of halogens is 1. The molecule has 0 aliphatic heterocycles. The van der Waals surface area contributed by atoms with Crippen LogP contribution in [0.1, 0.15) is 5.69 Å². The number of fused-ring (bicyclic) bond motifs is 3. The zero-order valence-corrected chi connectivity index (χ0v) is 11.0. The van der Waals surface area contributed by atoms with Crippen LogP contribution in [0, 0.1) is 10.6 Å². The number of hydrogen-bond acceptors (Lipinski definition) is 3. The van der Waals surface area contributed by atoms with Crippen LogP contribution in [-0.4, -0.2) is 9.97 Å². The maximum absolute atomic E-state index is 4.61. The molecule has 3 rings (SSSR count). The Balaban J connectivity index is 2.57. The first-order valence-corrected chi connectivity index (χ1v) is 6.51. The molecule has 0 fully saturated rings. The van der Waals surface area contributed by atoms with Crippen molar-refractivity contribution in [1.29, 1.82) is 0 Å². The second kappa shape index (κ2) is 3.38. The lowest BCUT2D eigenvalue weighted by atomic mass is 10.2. The summed E-state index contributed by atoms with van der Waals surface area (Å²) in [5, 5.41) is 3.31. The molecule has 0 aliphatic carbocycles. The van der Waals surface area contributed by atoms with E-state index >= 15 is 0 Å². The molecule has 0 atom stereocenters. The standard InChI is InChI=1S/C11H7IN2S/c1-6-11(12)14-8-2-3-9-7(4-5-15-9)10(8)13-6/h2-5H,1H3. The maximum Gasteiger partial charge on any atom is 0.123 e. The van der Waals surface area contributed by atoms with Gasteiger partial charge in [0.2, 0.25) is 0 Å². The summed E-state index contributed by atoms with van der Waals surface area (Å²) in [7, 11) is 0. The first-order chi connectivity index (χ1) is 7.25. The Hall–Kier alpha value is -0.750. The normalized spacial score (nSPS) is 11.3. The van der Waals surface area contributed by atoms with Crippen LogP contribution in [-0.2, 0) is 0 Å². The molecule has 0 N–H and O–H groups in total. The fourth-order valence-electron chi connectivity index (χ4n) is 1.63.